The summed E-state index contributed by atoms with van der Waals surface area (Å²) in [5.41, 5.74) is 14.8. The number of Topliss-reactive ketones (excluding diaryl/α,β-unsaturated/α-hetero) is 2. The fourth-order valence-corrected chi connectivity index (χ4v) is 19.1. The predicted octanol–water partition coefficient (Wildman–Crippen LogP) is 8.61. The Balaban J connectivity index is 0.840. The molecule has 0 unspecified atom stereocenters. The Morgan fingerprint density at radius 1 is 0.885 bits per heavy atom. The number of aryl methyl sites for hydroxylation is 1. The summed E-state index contributed by atoms with van der Waals surface area (Å²) in [5.74, 6) is 8.01. The maximum Gasteiger partial charge on any atom is 0.160 e. The second-order valence-corrected chi connectivity index (χ2v) is 27.2. The van der Waals surface area contributed by atoms with Crippen LogP contribution in [0.5, 0.6) is 11.5 Å². The SMILES string of the molecule is CCNC[C@@H]1[C@@H]2c3[nH]cc4c3[C@@H]3[C@@H]5[C@@H]2[C@H](CN[C@H]5CC(=O)[C@H]3C[C@@H]4Cc2ccccc2)[C@@H](CCC(O)O)[C@@H]1[C@H]1CC[C@]2(C#C[C@H](C[C@H](O)[C@H](O)C[C@@H](C3=C(CC)CNC(N)=C3)c3ccc4ccccc4c3)c3cc(O)c(OC)cc3CCC2=O)[C@H](O)C1. The van der Waals surface area contributed by atoms with Gasteiger partial charge in [-0.1, -0.05) is 98.5 Å². The molecule has 18 atom stereocenters. The zero-order valence-electron chi connectivity index (χ0n) is 50.6. The van der Waals surface area contributed by atoms with Crippen LogP contribution < -0.4 is 26.4 Å². The summed E-state index contributed by atoms with van der Waals surface area (Å²) in [6, 6.07) is 28.6. The number of hydrogen-bond donors (Lipinski definition) is 11. The first kappa shape index (κ1) is 59.7. The molecule has 4 aromatic carbocycles. The van der Waals surface area contributed by atoms with Crippen molar-refractivity contribution in [2.75, 3.05) is 33.3 Å². The van der Waals surface area contributed by atoms with Gasteiger partial charge in [-0.2, -0.15) is 0 Å². The van der Waals surface area contributed by atoms with E-state index < -0.39 is 35.9 Å². The lowest BCUT2D eigenvalue weighted by Crippen LogP contribution is -2.67. The minimum Gasteiger partial charge on any atom is -0.504 e. The number of nitrogens with one attached hydrogen (secondary N) is 4. The molecule has 3 saturated carbocycles. The van der Waals surface area contributed by atoms with Gasteiger partial charge in [-0.3, -0.25) is 9.59 Å². The first-order valence-electron chi connectivity index (χ1n) is 32.7. The van der Waals surface area contributed by atoms with E-state index in [-0.39, 0.29) is 126 Å². The summed E-state index contributed by atoms with van der Waals surface area (Å²) >= 11 is 0. The fraction of sp³-hybridized carbons (Fsp3) is 0.534. The molecule has 13 rings (SSSR count). The number of fused-ring (bicyclic) bond motifs is 3. The molecule has 0 amide bonds. The molecule has 8 aliphatic rings. The van der Waals surface area contributed by atoms with Crippen LogP contribution in [-0.2, 0) is 22.4 Å². The van der Waals surface area contributed by atoms with Gasteiger partial charge in [-0.25, -0.2) is 0 Å². The second kappa shape index (κ2) is 24.6. The highest BCUT2D eigenvalue weighted by Gasteiger charge is 2.66. The van der Waals surface area contributed by atoms with Crippen LogP contribution in [0.25, 0.3) is 10.8 Å². The number of nitrogens with two attached hydrogens (primary N) is 1. The Kier molecular flexibility index (Phi) is 16.9. The number of ketones is 2. The van der Waals surface area contributed by atoms with Crippen molar-refractivity contribution in [1.29, 1.82) is 0 Å². The molecule has 5 aromatic rings. The van der Waals surface area contributed by atoms with E-state index in [1.807, 2.05) is 18.2 Å². The number of hydrogen-bond acceptors (Lipinski definition) is 13. The number of aliphatic hydroxyl groups is 5. The number of carbonyl (C=O) groups excluding carboxylic acids is 2. The van der Waals surface area contributed by atoms with E-state index in [0.29, 0.717) is 55.8 Å². The van der Waals surface area contributed by atoms with Crippen LogP contribution in [0.1, 0.15) is 153 Å². The number of carbonyl (C=O) groups is 2. The zero-order chi connectivity index (χ0) is 60.4. The van der Waals surface area contributed by atoms with Crippen LogP contribution >= 0.6 is 0 Å². The van der Waals surface area contributed by atoms with Crippen LogP contribution in [0.4, 0.5) is 0 Å². The van der Waals surface area contributed by atoms with Crippen LogP contribution in [0, 0.1) is 64.6 Å². The Labute approximate surface area is 511 Å². The Morgan fingerprint density at radius 3 is 2.46 bits per heavy atom. The van der Waals surface area contributed by atoms with Gasteiger partial charge in [0, 0.05) is 66.9 Å². The predicted molar refractivity (Wildman–Crippen MR) is 335 cm³/mol. The molecule has 14 nitrogen and oxygen atoms in total. The first-order chi connectivity index (χ1) is 42.2. The van der Waals surface area contributed by atoms with Crippen LogP contribution in [0.2, 0.25) is 0 Å². The number of aromatic hydroxyl groups is 1. The number of rotatable bonds is 18. The third-order valence-corrected chi connectivity index (χ3v) is 23.0. The number of H-pyrrole nitrogens is 1. The maximum absolute atomic E-state index is 15.3. The molecule has 1 aromatic heterocycles. The normalized spacial score (nSPS) is 32.6. The number of aliphatic hydroxyl groups excluding tert-OH is 4. The summed E-state index contributed by atoms with van der Waals surface area (Å²) in [6.45, 7) is 7.05. The van der Waals surface area contributed by atoms with Crippen LogP contribution in [-0.4, -0.2) is 111 Å². The third-order valence-electron chi connectivity index (χ3n) is 23.0. The summed E-state index contributed by atoms with van der Waals surface area (Å²) in [7, 11) is 1.49. The number of allylic oxidation sites excluding steroid dienone is 2. The van der Waals surface area contributed by atoms with E-state index in [4.69, 9.17) is 10.5 Å². The Morgan fingerprint density at radius 2 is 1.69 bits per heavy atom. The van der Waals surface area contributed by atoms with Crippen molar-refractivity contribution in [3.63, 3.8) is 0 Å². The molecule has 4 fully saturated rings. The molecule has 2 aliphatic heterocycles. The lowest BCUT2D eigenvalue weighted by Gasteiger charge is -2.65. The molecular formula is C73H89N5O9. The highest BCUT2D eigenvalue weighted by Crippen LogP contribution is 2.69. The lowest BCUT2D eigenvalue weighted by atomic mass is 9.41. The number of aromatic nitrogens is 1. The third kappa shape index (κ3) is 10.8. The average Bonchev–Trinajstić information content (AvgIpc) is 1.69. The summed E-state index contributed by atoms with van der Waals surface area (Å²) < 4.78 is 5.62. The number of phenolic OH excluding ortho intramolecular Hbond substituents is 1. The molecule has 6 aliphatic carbocycles. The van der Waals surface area contributed by atoms with Gasteiger partial charge in [0.15, 0.2) is 23.6 Å². The zero-order valence-corrected chi connectivity index (χ0v) is 50.6. The van der Waals surface area contributed by atoms with Gasteiger partial charge in [-0.15, -0.1) is 0 Å². The molecule has 87 heavy (non-hydrogen) atoms. The van der Waals surface area contributed by atoms with Gasteiger partial charge >= 0.3 is 0 Å². The molecule has 0 bridgehead atoms. The molecule has 0 radical (unpaired) electrons. The minimum atomic E-state index is -1.48. The molecule has 12 N–H and O–H groups in total. The molecule has 3 heterocycles. The van der Waals surface area contributed by atoms with E-state index in [2.05, 4.69) is 113 Å². The van der Waals surface area contributed by atoms with Gasteiger partial charge in [0.25, 0.3) is 0 Å². The number of phenols is 1. The molecule has 1 spiro atoms. The molecule has 14 heteroatoms. The first-order valence-corrected chi connectivity index (χ1v) is 32.7. The van der Waals surface area contributed by atoms with Crippen LogP contribution in [0.15, 0.2) is 114 Å². The van der Waals surface area contributed by atoms with E-state index in [0.717, 1.165) is 71.9 Å². The Hall–Kier alpha value is -6.28. The minimum absolute atomic E-state index is 0.0167. The van der Waals surface area contributed by atoms with E-state index in [1.54, 1.807) is 12.1 Å². The van der Waals surface area contributed by atoms with Crippen molar-refractivity contribution >= 4 is 22.3 Å². The maximum atomic E-state index is 15.3. The van der Waals surface area contributed by atoms with Crippen molar-refractivity contribution in [1.82, 2.24) is 20.9 Å². The highest BCUT2D eigenvalue weighted by molar-refractivity contribution is 5.89. The van der Waals surface area contributed by atoms with Crippen molar-refractivity contribution in [3.8, 4) is 23.3 Å². The Bertz CT molecular complexity index is 3510. The second-order valence-electron chi connectivity index (χ2n) is 27.2. The number of dihydropyridines is 1. The number of methoxy groups -OCH3 is 1. The molecule has 460 valence electrons. The average molecular weight is 1180 g/mol. The monoisotopic (exact) mass is 1180 g/mol. The van der Waals surface area contributed by atoms with Gasteiger partial charge in [-0.05, 0) is 211 Å². The number of benzene rings is 4. The van der Waals surface area contributed by atoms with Crippen molar-refractivity contribution in [2.24, 2.45) is 58.5 Å². The largest absolute Gasteiger partial charge is 0.504 e. The van der Waals surface area contributed by atoms with Crippen molar-refractivity contribution < 1.29 is 45.0 Å². The smallest absolute Gasteiger partial charge is 0.160 e. The topological polar surface area (TPSA) is 243 Å². The van der Waals surface area contributed by atoms with E-state index >= 15 is 4.79 Å². The number of piperidine rings is 1. The summed E-state index contributed by atoms with van der Waals surface area (Å²) in [4.78, 5) is 33.7. The van der Waals surface area contributed by atoms with Crippen LogP contribution in [0.3, 0.4) is 0 Å². The quantitative estimate of drug-likeness (QED) is 0.0291. The van der Waals surface area contributed by atoms with Crippen molar-refractivity contribution in [2.45, 2.75) is 158 Å². The van der Waals surface area contributed by atoms with E-state index in [1.165, 1.54) is 29.5 Å². The number of aromatic amines is 1. The molecular weight excluding hydrogens is 1090 g/mol. The van der Waals surface area contributed by atoms with Gasteiger partial charge < -0.3 is 62.0 Å². The summed E-state index contributed by atoms with van der Waals surface area (Å²) in [5, 5.41) is 83.9. The number of ether oxygens (including phenoxy) is 1. The van der Waals surface area contributed by atoms with Gasteiger partial charge in [0.1, 0.15) is 11.2 Å². The lowest BCUT2D eigenvalue weighted by molar-refractivity contribution is -0.146. The van der Waals surface area contributed by atoms with E-state index in [9.17, 15) is 35.4 Å². The van der Waals surface area contributed by atoms with Crippen molar-refractivity contribution in [3.05, 3.63) is 153 Å². The van der Waals surface area contributed by atoms with Gasteiger partial charge in [0.05, 0.1) is 31.2 Å². The fourth-order valence-electron chi connectivity index (χ4n) is 19.1. The standard InChI is InChI=1S/C73H89N5O9/c1-4-40-35-77-64(74)33-51(40)50(43-16-15-41-13-9-10-14-42(41)26-43)32-59(81)58(80)28-45-21-23-73(62(83)19-17-44-29-61(87-3)60(82)31-49(44)45)24-22-46(30-63(73)84)66-48(18-20-65(85)86)54-38-76-56-34-57(79)52-27-47(25-39-11-7-6-8-12-39)53-37-78-72-69(53)67(52)71(56)68(54)70(72)55(66)36-75-5-2/h6-16,26,29,31,33,37,45-48,50,52,54-56,58-59,63,65-68,70-71,75-78,80-82,84-86H,4-5,17-20,22,24-25,27-28,30,32,34-36,38,74H2,1-3H3/t45-,46+,47+,48-,50-,52-,54-,55+,56+,58+,59-,63-,66+,67-,68-,70+,71-,73+/m1/s1. The molecule has 1 saturated heterocycles. The highest BCUT2D eigenvalue weighted by atomic mass is 16.5. The van der Waals surface area contributed by atoms with Gasteiger partial charge in [0.2, 0.25) is 0 Å². The summed E-state index contributed by atoms with van der Waals surface area (Å²) in [6.07, 6.45) is 4.70.